The van der Waals surface area contributed by atoms with Gasteiger partial charge in [-0.05, 0) is 83.3 Å². The zero-order valence-corrected chi connectivity index (χ0v) is 24.0. The van der Waals surface area contributed by atoms with Crippen LogP contribution in [0, 0.1) is 17.4 Å². The van der Waals surface area contributed by atoms with Crippen LogP contribution in [-0.4, -0.2) is 39.9 Å². The summed E-state index contributed by atoms with van der Waals surface area (Å²) >= 11 is 4.94. The Morgan fingerprint density at radius 3 is 2.44 bits per heavy atom. The van der Waals surface area contributed by atoms with E-state index in [9.17, 15) is 5.11 Å². The normalized spacial score (nSPS) is 17.2. The maximum Gasteiger partial charge on any atom is 0.373 e. The minimum Gasteiger partial charge on any atom is -0.493 e. The minimum absolute atomic E-state index is 0.100. The summed E-state index contributed by atoms with van der Waals surface area (Å²) < 4.78 is 19.6. The van der Waals surface area contributed by atoms with Crippen LogP contribution in [0.2, 0.25) is 13.6 Å². The molecule has 0 radical (unpaired) electrons. The zero-order valence-electron chi connectivity index (χ0n) is 19.6. The van der Waals surface area contributed by atoms with Crippen molar-refractivity contribution in [3.05, 3.63) is 59.1 Å². The van der Waals surface area contributed by atoms with Crippen LogP contribution in [0.4, 0.5) is 0 Å². The summed E-state index contributed by atoms with van der Waals surface area (Å²) in [5.74, 6) is 1.23. The first-order chi connectivity index (χ1) is 15.1. The maximum atomic E-state index is 9.88. The van der Waals surface area contributed by atoms with E-state index in [1.807, 2.05) is 18.2 Å². The van der Waals surface area contributed by atoms with Gasteiger partial charge < -0.3 is 23.5 Å². The van der Waals surface area contributed by atoms with Gasteiger partial charge in [-0.15, -0.1) is 13.6 Å². The predicted molar refractivity (Wildman–Crippen MR) is 148 cm³/mol. The second kappa shape index (κ2) is 8.50. The lowest BCUT2D eigenvalue weighted by molar-refractivity contribution is -0.336. The molecule has 0 atom stereocenters. The van der Waals surface area contributed by atoms with E-state index in [1.54, 1.807) is 7.11 Å². The molecule has 32 heavy (non-hydrogen) atoms. The van der Waals surface area contributed by atoms with E-state index >= 15 is 0 Å². The topological polar surface area (TPSA) is 46.6 Å². The number of rotatable bonds is 5. The quantitative estimate of drug-likeness (QED) is 0.329. The number of halogens is 2. The molecule has 2 aliphatic rings. The molecule has 170 valence electrons. The molecule has 0 unspecified atom stereocenters. The largest absolute Gasteiger partial charge is 0.493 e. The van der Waals surface area contributed by atoms with Crippen LogP contribution < -0.4 is 9.47 Å². The summed E-state index contributed by atoms with van der Waals surface area (Å²) in [6.45, 7) is 13.8. The molecule has 0 aliphatic carbocycles. The third kappa shape index (κ3) is 3.31. The fourth-order valence-electron chi connectivity index (χ4n) is 5.50. The molecule has 2 aliphatic heterocycles. The van der Waals surface area contributed by atoms with E-state index in [0.717, 1.165) is 5.56 Å². The molecule has 4 rings (SSSR count). The lowest BCUT2D eigenvalue weighted by Gasteiger charge is -2.40. The van der Waals surface area contributed by atoms with Crippen molar-refractivity contribution in [2.45, 2.75) is 47.9 Å². The van der Waals surface area contributed by atoms with Gasteiger partial charge in [-0.2, -0.15) is 0 Å². The average molecular weight is 658 g/mol. The Morgan fingerprint density at radius 1 is 1.12 bits per heavy atom. The maximum absolute atomic E-state index is 9.88. The molecule has 8 heteroatoms. The number of allylic oxidation sites excluding steroid dienone is 2. The van der Waals surface area contributed by atoms with E-state index in [-0.39, 0.29) is 6.61 Å². The van der Waals surface area contributed by atoms with E-state index < -0.39 is 6.42 Å². The molecule has 0 bridgehead atoms. The van der Waals surface area contributed by atoms with Gasteiger partial charge in [0.15, 0.2) is 17.2 Å². The van der Waals surface area contributed by atoms with Crippen LogP contribution in [0.15, 0.2) is 33.0 Å². The van der Waals surface area contributed by atoms with Crippen LogP contribution in [0.3, 0.4) is 0 Å². The first kappa shape index (κ1) is 23.9. The van der Waals surface area contributed by atoms with E-state index in [1.165, 1.54) is 46.7 Å². The Balaban J connectivity index is 1.96. The van der Waals surface area contributed by atoms with Gasteiger partial charge in [0.1, 0.15) is 12.3 Å². The zero-order chi connectivity index (χ0) is 23.5. The summed E-state index contributed by atoms with van der Waals surface area (Å²) in [7, 11) is 1.63. The lowest BCUT2D eigenvalue weighted by Crippen LogP contribution is -2.53. The predicted octanol–water partition coefficient (Wildman–Crippen LogP) is 5.76. The van der Waals surface area contributed by atoms with E-state index in [0.29, 0.717) is 18.1 Å². The van der Waals surface area contributed by atoms with Gasteiger partial charge in [0.25, 0.3) is 0 Å². The lowest BCUT2D eigenvalue weighted by atomic mass is 9.48. The summed E-state index contributed by atoms with van der Waals surface area (Å²) in [5.41, 5.74) is 9.57. The molecule has 0 fully saturated rings. The molecule has 3 heterocycles. The number of ether oxygens (including phenoxy) is 2. The van der Waals surface area contributed by atoms with Crippen LogP contribution >= 0.6 is 45.2 Å². The van der Waals surface area contributed by atoms with Gasteiger partial charge in [-0.1, -0.05) is 12.1 Å². The highest BCUT2D eigenvalue weighted by Crippen LogP contribution is 2.45. The molecule has 0 spiro atoms. The summed E-state index contributed by atoms with van der Waals surface area (Å²) in [6.07, 6.45) is -1.05. The van der Waals surface area contributed by atoms with Crippen molar-refractivity contribution < 1.29 is 19.1 Å². The minimum atomic E-state index is -1.05. The average Bonchev–Trinajstić information content (AvgIpc) is 3.14. The Kier molecular flexibility index (Phi) is 6.34. The molecule has 5 nitrogen and oxygen atoms in total. The standard InChI is InChI=1S/C24H29BI2N2O3/c1-13-20(26)15(3)28-22(13)18(12-32-24-17(11-30)9-8-10-19(24)31-7)23-14(2)21(27)16(4)29(23)25(28,5)6/h8-10,30H,11-12H2,1-7H3. The monoisotopic (exact) mass is 658 g/mol. The second-order valence-electron chi connectivity index (χ2n) is 9.09. The summed E-state index contributed by atoms with van der Waals surface area (Å²) in [4.78, 5) is 0. The van der Waals surface area contributed by atoms with Crippen molar-refractivity contribution in [1.82, 2.24) is 4.48 Å². The summed E-state index contributed by atoms with van der Waals surface area (Å²) in [5, 5.41) is 9.88. The van der Waals surface area contributed by atoms with Crippen LogP contribution in [-0.2, 0) is 6.61 Å². The Bertz CT molecular complexity index is 1220. The highest BCUT2D eigenvalue weighted by Gasteiger charge is 2.47. The van der Waals surface area contributed by atoms with Gasteiger partial charge >= 0.3 is 6.42 Å². The van der Waals surface area contributed by atoms with E-state index in [2.05, 4.69) is 95.5 Å². The molecular weight excluding hydrogens is 629 g/mol. The molecule has 1 N–H and O–H groups in total. The van der Waals surface area contributed by atoms with Crippen molar-refractivity contribution in [1.29, 1.82) is 0 Å². The number of aliphatic hydroxyl groups is 1. The first-order valence-electron chi connectivity index (χ1n) is 10.8. The van der Waals surface area contributed by atoms with Crippen LogP contribution in [0.25, 0.3) is 5.57 Å². The number of fused-ring (bicyclic) bond motifs is 2. The number of para-hydroxylation sites is 1. The number of hydrogen-bond acceptors (Lipinski definition) is 3. The van der Waals surface area contributed by atoms with Crippen molar-refractivity contribution in [2.24, 2.45) is 0 Å². The van der Waals surface area contributed by atoms with Crippen LogP contribution in [0.5, 0.6) is 11.5 Å². The van der Waals surface area contributed by atoms with Crippen molar-refractivity contribution in [3.63, 3.8) is 0 Å². The van der Waals surface area contributed by atoms with Gasteiger partial charge in [-0.25, -0.2) is 0 Å². The third-order valence-electron chi connectivity index (χ3n) is 6.86. The molecule has 1 aromatic heterocycles. The molecule has 0 saturated heterocycles. The highest BCUT2D eigenvalue weighted by atomic mass is 127. The number of benzene rings is 1. The fraction of sp³-hybridized carbons (Fsp3) is 0.375. The molecule has 0 amide bonds. The SMILES string of the molecule is COc1cccc(CO)c1OCC1=C2C(C)=C(I)C(C)=[N+]2[B-](C)(C)n2c(C)c(I)c(C)c21. The Labute approximate surface area is 217 Å². The van der Waals surface area contributed by atoms with Gasteiger partial charge in [-0.3, -0.25) is 0 Å². The molecule has 0 saturated carbocycles. The van der Waals surface area contributed by atoms with Gasteiger partial charge in [0, 0.05) is 27.3 Å². The molecule has 2 aromatic rings. The van der Waals surface area contributed by atoms with Gasteiger partial charge in [0.05, 0.1) is 22.9 Å². The second-order valence-corrected chi connectivity index (χ2v) is 11.2. The fourth-order valence-corrected chi connectivity index (χ4v) is 6.53. The number of methoxy groups -OCH3 is 1. The smallest absolute Gasteiger partial charge is 0.373 e. The van der Waals surface area contributed by atoms with Gasteiger partial charge in [0.2, 0.25) is 0 Å². The third-order valence-corrected chi connectivity index (χ3v) is 10.0. The number of hydrogen-bond donors (Lipinski definition) is 1. The van der Waals surface area contributed by atoms with Crippen molar-refractivity contribution >= 4 is 62.9 Å². The molecule has 1 aromatic carbocycles. The van der Waals surface area contributed by atoms with E-state index in [4.69, 9.17) is 9.47 Å². The number of aliphatic hydroxyl groups excluding tert-OH is 1. The first-order valence-corrected chi connectivity index (χ1v) is 13.0. The number of nitrogens with zero attached hydrogens (tertiary/aromatic N) is 2. The molecular formula is C24H29BI2N2O3. The van der Waals surface area contributed by atoms with Crippen molar-refractivity contribution in [2.75, 3.05) is 13.7 Å². The van der Waals surface area contributed by atoms with Crippen LogP contribution in [0.1, 0.15) is 36.4 Å². The number of aromatic nitrogens is 1. The Hall–Kier alpha value is -1.27. The highest BCUT2D eigenvalue weighted by molar-refractivity contribution is 14.1. The summed E-state index contributed by atoms with van der Waals surface area (Å²) in [6, 6.07) is 5.62. The Morgan fingerprint density at radius 2 is 1.81 bits per heavy atom. The van der Waals surface area contributed by atoms with Crippen molar-refractivity contribution in [3.8, 4) is 11.5 Å².